The highest BCUT2D eigenvalue weighted by Gasteiger charge is 2.05. The summed E-state index contributed by atoms with van der Waals surface area (Å²) < 4.78 is 1.73. The van der Waals surface area contributed by atoms with Gasteiger partial charge < -0.3 is 5.73 Å². The fraction of sp³-hybridized carbons (Fsp3) is 0.182. The number of rotatable bonds is 2. The van der Waals surface area contributed by atoms with Gasteiger partial charge in [0, 0.05) is 18.1 Å². The predicted molar refractivity (Wildman–Crippen MR) is 62.9 cm³/mol. The van der Waals surface area contributed by atoms with Gasteiger partial charge in [-0.15, -0.1) is 0 Å². The van der Waals surface area contributed by atoms with E-state index in [-0.39, 0.29) is 0 Å². The lowest BCUT2D eigenvalue weighted by molar-refractivity contribution is 0.738. The Morgan fingerprint density at radius 3 is 2.80 bits per heavy atom. The smallest absolute Gasteiger partial charge is 0.146 e. The Kier molecular flexibility index (Phi) is 2.68. The molecule has 0 radical (unpaired) electrons. The highest BCUT2D eigenvalue weighted by atomic mass is 32.2. The van der Waals surface area contributed by atoms with Crippen LogP contribution in [0.5, 0.6) is 0 Å². The third-order valence-electron chi connectivity index (χ3n) is 2.03. The Balaban J connectivity index is 2.25. The van der Waals surface area contributed by atoms with E-state index in [0.717, 1.165) is 10.7 Å². The van der Waals surface area contributed by atoms with E-state index in [9.17, 15) is 0 Å². The molecular formula is C11H13N3S. The molecule has 0 aliphatic rings. The molecule has 0 aliphatic carbocycles. The van der Waals surface area contributed by atoms with Gasteiger partial charge in [0.15, 0.2) is 0 Å². The molecule has 0 saturated carbocycles. The van der Waals surface area contributed by atoms with Gasteiger partial charge in [-0.3, -0.25) is 4.68 Å². The molecule has 2 aromatic rings. The summed E-state index contributed by atoms with van der Waals surface area (Å²) in [4.78, 5) is 1.17. The SMILES string of the molecule is Cc1cccc(Sc2nn(C)cc2N)c1. The summed E-state index contributed by atoms with van der Waals surface area (Å²) in [5, 5.41) is 5.15. The Bertz CT molecular complexity index is 476. The summed E-state index contributed by atoms with van der Waals surface area (Å²) in [6, 6.07) is 8.30. The van der Waals surface area contributed by atoms with Crippen LogP contribution in [0.1, 0.15) is 5.56 Å². The zero-order chi connectivity index (χ0) is 10.8. The topological polar surface area (TPSA) is 43.8 Å². The molecule has 2 rings (SSSR count). The Hall–Kier alpha value is -1.42. The second-order valence-corrected chi connectivity index (χ2v) is 4.54. The normalized spacial score (nSPS) is 10.5. The molecule has 1 aromatic heterocycles. The summed E-state index contributed by atoms with van der Waals surface area (Å²) in [6.45, 7) is 2.08. The minimum absolute atomic E-state index is 0.726. The monoisotopic (exact) mass is 219 g/mol. The lowest BCUT2D eigenvalue weighted by Gasteiger charge is -1.99. The van der Waals surface area contributed by atoms with E-state index < -0.39 is 0 Å². The number of nitrogen functional groups attached to an aromatic ring is 1. The van der Waals surface area contributed by atoms with Crippen molar-refractivity contribution in [2.75, 3.05) is 5.73 Å². The zero-order valence-electron chi connectivity index (χ0n) is 8.77. The van der Waals surface area contributed by atoms with Gasteiger partial charge in [-0.2, -0.15) is 5.10 Å². The van der Waals surface area contributed by atoms with Gasteiger partial charge in [0.25, 0.3) is 0 Å². The number of nitrogens with two attached hydrogens (primary N) is 1. The Morgan fingerprint density at radius 2 is 2.20 bits per heavy atom. The maximum absolute atomic E-state index is 5.82. The largest absolute Gasteiger partial charge is 0.395 e. The number of aromatic nitrogens is 2. The van der Waals surface area contributed by atoms with Crippen LogP contribution in [0.4, 0.5) is 5.69 Å². The molecule has 1 heterocycles. The van der Waals surface area contributed by atoms with Gasteiger partial charge in [-0.1, -0.05) is 29.5 Å². The van der Waals surface area contributed by atoms with Crippen molar-refractivity contribution in [2.45, 2.75) is 16.8 Å². The summed E-state index contributed by atoms with van der Waals surface area (Å²) in [5.41, 5.74) is 7.79. The first-order valence-electron chi connectivity index (χ1n) is 4.69. The third-order valence-corrected chi connectivity index (χ3v) is 3.03. The van der Waals surface area contributed by atoms with Crippen LogP contribution in [0.15, 0.2) is 40.4 Å². The third kappa shape index (κ3) is 2.33. The maximum atomic E-state index is 5.82. The van der Waals surface area contributed by atoms with E-state index in [1.807, 2.05) is 19.3 Å². The van der Waals surface area contributed by atoms with Crippen LogP contribution in [0.2, 0.25) is 0 Å². The highest BCUT2D eigenvalue weighted by molar-refractivity contribution is 7.99. The first-order chi connectivity index (χ1) is 7.15. The fourth-order valence-electron chi connectivity index (χ4n) is 1.36. The standard InChI is InChI=1S/C11H13N3S/c1-8-4-3-5-9(6-8)15-11-10(12)7-14(2)13-11/h3-7H,12H2,1-2H3. The highest BCUT2D eigenvalue weighted by Crippen LogP contribution is 2.30. The zero-order valence-corrected chi connectivity index (χ0v) is 9.58. The predicted octanol–water partition coefficient (Wildman–Crippen LogP) is 2.46. The lowest BCUT2D eigenvalue weighted by Crippen LogP contribution is -1.86. The molecule has 15 heavy (non-hydrogen) atoms. The van der Waals surface area contributed by atoms with E-state index in [4.69, 9.17) is 5.73 Å². The molecule has 0 atom stereocenters. The number of nitrogens with zero attached hydrogens (tertiary/aromatic N) is 2. The van der Waals surface area contributed by atoms with Gasteiger partial charge in [0.2, 0.25) is 0 Å². The van der Waals surface area contributed by atoms with Crippen LogP contribution in [0.25, 0.3) is 0 Å². The molecule has 0 amide bonds. The van der Waals surface area contributed by atoms with Crippen molar-refractivity contribution in [2.24, 2.45) is 7.05 Å². The minimum Gasteiger partial charge on any atom is -0.395 e. The second-order valence-electron chi connectivity index (χ2n) is 3.48. The van der Waals surface area contributed by atoms with Crippen molar-refractivity contribution >= 4 is 17.4 Å². The van der Waals surface area contributed by atoms with E-state index in [1.54, 1.807) is 16.4 Å². The van der Waals surface area contributed by atoms with Crippen LogP contribution in [0, 0.1) is 6.92 Å². The molecule has 0 bridgehead atoms. The number of benzene rings is 1. The van der Waals surface area contributed by atoms with Crippen molar-refractivity contribution < 1.29 is 0 Å². The van der Waals surface area contributed by atoms with Gasteiger partial charge in [-0.05, 0) is 19.1 Å². The second kappa shape index (κ2) is 3.98. The average Bonchev–Trinajstić information content (AvgIpc) is 2.45. The molecule has 0 spiro atoms. The van der Waals surface area contributed by atoms with Crippen LogP contribution >= 0.6 is 11.8 Å². The van der Waals surface area contributed by atoms with Crippen LogP contribution in [0.3, 0.4) is 0 Å². The molecular weight excluding hydrogens is 206 g/mol. The minimum atomic E-state index is 0.726. The Morgan fingerprint density at radius 1 is 1.40 bits per heavy atom. The maximum Gasteiger partial charge on any atom is 0.146 e. The molecule has 0 unspecified atom stereocenters. The van der Waals surface area contributed by atoms with Crippen molar-refractivity contribution in [3.05, 3.63) is 36.0 Å². The molecule has 0 fully saturated rings. The summed E-state index contributed by atoms with van der Waals surface area (Å²) >= 11 is 1.59. The van der Waals surface area contributed by atoms with Gasteiger partial charge in [0.05, 0.1) is 5.69 Å². The first kappa shape index (κ1) is 10.1. The molecule has 4 heteroatoms. The number of anilines is 1. The van der Waals surface area contributed by atoms with Gasteiger partial charge >= 0.3 is 0 Å². The van der Waals surface area contributed by atoms with Crippen molar-refractivity contribution in [3.8, 4) is 0 Å². The quantitative estimate of drug-likeness (QED) is 0.843. The van der Waals surface area contributed by atoms with Crippen LogP contribution in [-0.4, -0.2) is 9.78 Å². The van der Waals surface area contributed by atoms with E-state index in [0.29, 0.717) is 0 Å². The molecule has 3 nitrogen and oxygen atoms in total. The molecule has 0 aliphatic heterocycles. The van der Waals surface area contributed by atoms with E-state index in [2.05, 4.69) is 30.2 Å². The lowest BCUT2D eigenvalue weighted by atomic mass is 10.2. The van der Waals surface area contributed by atoms with E-state index in [1.165, 1.54) is 10.5 Å². The van der Waals surface area contributed by atoms with Gasteiger partial charge in [0.1, 0.15) is 5.03 Å². The summed E-state index contributed by atoms with van der Waals surface area (Å²) in [6.07, 6.45) is 1.82. The number of hydrogen-bond donors (Lipinski definition) is 1. The van der Waals surface area contributed by atoms with Gasteiger partial charge in [-0.25, -0.2) is 0 Å². The van der Waals surface area contributed by atoms with Crippen molar-refractivity contribution in [3.63, 3.8) is 0 Å². The fourth-order valence-corrected chi connectivity index (χ4v) is 2.31. The molecule has 0 saturated heterocycles. The average molecular weight is 219 g/mol. The number of hydrogen-bond acceptors (Lipinski definition) is 3. The van der Waals surface area contributed by atoms with Crippen LogP contribution < -0.4 is 5.73 Å². The summed E-state index contributed by atoms with van der Waals surface area (Å²) in [5.74, 6) is 0. The molecule has 2 N–H and O–H groups in total. The van der Waals surface area contributed by atoms with Crippen molar-refractivity contribution in [1.82, 2.24) is 9.78 Å². The van der Waals surface area contributed by atoms with Crippen LogP contribution in [-0.2, 0) is 7.05 Å². The van der Waals surface area contributed by atoms with E-state index >= 15 is 0 Å². The number of aryl methyl sites for hydroxylation is 2. The molecule has 1 aromatic carbocycles. The van der Waals surface area contributed by atoms with Crippen molar-refractivity contribution in [1.29, 1.82) is 0 Å². The first-order valence-corrected chi connectivity index (χ1v) is 5.50. The molecule has 78 valence electrons. The Labute approximate surface area is 93.3 Å². The summed E-state index contributed by atoms with van der Waals surface area (Å²) in [7, 11) is 1.87.